The van der Waals surface area contributed by atoms with Crippen molar-refractivity contribution in [2.75, 3.05) is 5.75 Å². The van der Waals surface area contributed by atoms with Crippen LogP contribution in [-0.2, 0) is 10.8 Å². The largest absolute Gasteiger partial charge is 0.405 e. The van der Waals surface area contributed by atoms with Gasteiger partial charge in [0.1, 0.15) is 0 Å². The molecule has 6 heteroatoms. The molecule has 0 N–H and O–H groups in total. The number of nitriles is 1. The second-order valence-electron chi connectivity index (χ2n) is 3.05. The van der Waals surface area contributed by atoms with Gasteiger partial charge in [0, 0.05) is 4.90 Å². The fraction of sp³-hybridized carbons (Fsp3) is 0.300. The zero-order valence-electron chi connectivity index (χ0n) is 8.07. The summed E-state index contributed by atoms with van der Waals surface area (Å²) < 4.78 is 48.2. The monoisotopic (exact) mass is 247 g/mol. The molecule has 2 atom stereocenters. The molecule has 1 aromatic rings. The first kappa shape index (κ1) is 12.7. The molecule has 0 aromatic heterocycles. The Morgan fingerprint density at radius 1 is 1.31 bits per heavy atom. The molecule has 0 spiro atoms. The highest BCUT2D eigenvalue weighted by Crippen LogP contribution is 2.27. The number of hydrogen-bond donors (Lipinski definition) is 0. The van der Waals surface area contributed by atoms with Crippen molar-refractivity contribution in [3.05, 3.63) is 30.3 Å². The average Bonchev–Trinajstić information content (AvgIpc) is 2.25. The maximum atomic E-state index is 12.2. The van der Waals surface area contributed by atoms with Crippen molar-refractivity contribution in [2.24, 2.45) is 5.92 Å². The highest BCUT2D eigenvalue weighted by molar-refractivity contribution is 7.85. The van der Waals surface area contributed by atoms with Crippen LogP contribution < -0.4 is 0 Å². The number of rotatable bonds is 3. The van der Waals surface area contributed by atoms with Crippen molar-refractivity contribution in [2.45, 2.75) is 11.1 Å². The number of halogens is 3. The predicted molar refractivity (Wildman–Crippen MR) is 52.9 cm³/mol. The molecule has 0 heterocycles. The Balaban J connectivity index is 2.76. The third kappa shape index (κ3) is 3.35. The second kappa shape index (κ2) is 5.12. The first-order chi connectivity index (χ1) is 7.45. The first-order valence-electron chi connectivity index (χ1n) is 4.35. The molecular formula is C10H8F3NOS. The lowest BCUT2D eigenvalue weighted by molar-refractivity contribution is -0.153. The standard InChI is InChI=1S/C10H8F3NOS/c11-10(12,13)8(6-14)7-16(15)9-4-2-1-3-5-9/h1-5,8H,7H2. The van der Waals surface area contributed by atoms with Crippen LogP contribution >= 0.6 is 0 Å². The van der Waals surface area contributed by atoms with Crippen molar-refractivity contribution in [1.82, 2.24) is 0 Å². The third-order valence-corrected chi connectivity index (χ3v) is 3.31. The highest BCUT2D eigenvalue weighted by Gasteiger charge is 2.41. The van der Waals surface area contributed by atoms with Gasteiger partial charge in [0.2, 0.25) is 0 Å². The number of benzene rings is 1. The lowest BCUT2D eigenvalue weighted by atomic mass is 10.2. The Morgan fingerprint density at radius 2 is 1.88 bits per heavy atom. The molecule has 0 radical (unpaired) electrons. The number of nitrogens with zero attached hydrogens (tertiary/aromatic N) is 1. The second-order valence-corrected chi connectivity index (χ2v) is 4.54. The van der Waals surface area contributed by atoms with Crippen molar-refractivity contribution in [3.8, 4) is 6.07 Å². The molecule has 1 rings (SSSR count). The predicted octanol–water partition coefficient (Wildman–Crippen LogP) is 2.50. The van der Waals surface area contributed by atoms with E-state index in [0.717, 1.165) is 6.07 Å². The maximum absolute atomic E-state index is 12.2. The van der Waals surface area contributed by atoms with E-state index in [2.05, 4.69) is 0 Å². The molecule has 0 amide bonds. The van der Waals surface area contributed by atoms with E-state index in [1.165, 1.54) is 12.1 Å². The third-order valence-electron chi connectivity index (χ3n) is 1.88. The van der Waals surface area contributed by atoms with Crippen LogP contribution in [-0.4, -0.2) is 16.1 Å². The molecule has 0 saturated heterocycles. The molecule has 2 nitrogen and oxygen atoms in total. The Labute approximate surface area is 93.2 Å². The van der Waals surface area contributed by atoms with Crippen LogP contribution in [0.1, 0.15) is 0 Å². The van der Waals surface area contributed by atoms with Crippen LogP contribution in [0.3, 0.4) is 0 Å². The normalized spacial score (nSPS) is 15.1. The minimum atomic E-state index is -4.63. The molecule has 0 bridgehead atoms. The van der Waals surface area contributed by atoms with Gasteiger partial charge >= 0.3 is 6.18 Å². The van der Waals surface area contributed by atoms with E-state index in [1.807, 2.05) is 0 Å². The van der Waals surface area contributed by atoms with E-state index in [4.69, 9.17) is 5.26 Å². The molecular weight excluding hydrogens is 239 g/mol. The zero-order chi connectivity index (χ0) is 12.2. The lowest BCUT2D eigenvalue weighted by Gasteiger charge is -2.12. The maximum Gasteiger partial charge on any atom is 0.405 e. The molecule has 16 heavy (non-hydrogen) atoms. The Hall–Kier alpha value is -1.35. The van der Waals surface area contributed by atoms with E-state index in [9.17, 15) is 17.4 Å². The lowest BCUT2D eigenvalue weighted by Crippen LogP contribution is -2.26. The summed E-state index contributed by atoms with van der Waals surface area (Å²) in [5.41, 5.74) is 0. The first-order valence-corrected chi connectivity index (χ1v) is 5.67. The zero-order valence-corrected chi connectivity index (χ0v) is 8.89. The summed E-state index contributed by atoms with van der Waals surface area (Å²) >= 11 is 0. The quantitative estimate of drug-likeness (QED) is 0.823. The minimum absolute atomic E-state index is 0.298. The van der Waals surface area contributed by atoms with Gasteiger partial charge in [-0.15, -0.1) is 0 Å². The van der Waals surface area contributed by atoms with Crippen molar-refractivity contribution >= 4 is 10.8 Å². The van der Waals surface area contributed by atoms with E-state index < -0.39 is 28.6 Å². The molecule has 0 aliphatic heterocycles. The van der Waals surface area contributed by atoms with Crippen LogP contribution in [0.5, 0.6) is 0 Å². The summed E-state index contributed by atoms with van der Waals surface area (Å²) in [6.07, 6.45) is -4.63. The summed E-state index contributed by atoms with van der Waals surface area (Å²) in [7, 11) is -1.80. The van der Waals surface area contributed by atoms with Gasteiger partial charge in [-0.3, -0.25) is 4.21 Å². The molecule has 86 valence electrons. The van der Waals surface area contributed by atoms with Crippen LogP contribution in [0.2, 0.25) is 0 Å². The van der Waals surface area contributed by atoms with Crippen molar-refractivity contribution in [1.29, 1.82) is 5.26 Å². The van der Waals surface area contributed by atoms with Gasteiger partial charge in [-0.2, -0.15) is 18.4 Å². The van der Waals surface area contributed by atoms with E-state index in [-0.39, 0.29) is 0 Å². The van der Waals surface area contributed by atoms with E-state index in [0.29, 0.717) is 4.90 Å². The summed E-state index contributed by atoms with van der Waals surface area (Å²) in [4.78, 5) is 0.298. The molecule has 1 aromatic carbocycles. The summed E-state index contributed by atoms with van der Waals surface area (Å²) in [5.74, 6) is -2.90. The molecule has 0 saturated carbocycles. The van der Waals surface area contributed by atoms with Crippen molar-refractivity contribution in [3.63, 3.8) is 0 Å². The van der Waals surface area contributed by atoms with Gasteiger partial charge in [-0.25, -0.2) is 0 Å². The van der Waals surface area contributed by atoms with E-state index in [1.54, 1.807) is 18.2 Å². The minimum Gasteiger partial charge on any atom is -0.254 e. The Kier molecular flexibility index (Phi) is 4.07. The average molecular weight is 247 g/mol. The van der Waals surface area contributed by atoms with Gasteiger partial charge in [0.25, 0.3) is 0 Å². The smallest absolute Gasteiger partial charge is 0.254 e. The summed E-state index contributed by atoms with van der Waals surface area (Å²) in [6, 6.07) is 8.91. The van der Waals surface area contributed by atoms with Crippen LogP contribution in [0.15, 0.2) is 35.2 Å². The van der Waals surface area contributed by atoms with Gasteiger partial charge < -0.3 is 0 Å². The van der Waals surface area contributed by atoms with Crippen LogP contribution in [0.25, 0.3) is 0 Å². The topological polar surface area (TPSA) is 40.9 Å². The molecule has 0 fully saturated rings. The van der Waals surface area contributed by atoms with Crippen LogP contribution in [0.4, 0.5) is 13.2 Å². The highest BCUT2D eigenvalue weighted by atomic mass is 32.2. The van der Waals surface area contributed by atoms with Crippen LogP contribution in [0, 0.1) is 17.2 Å². The molecule has 2 unspecified atom stereocenters. The Bertz CT molecular complexity index is 410. The van der Waals surface area contributed by atoms with Crippen molar-refractivity contribution < 1.29 is 17.4 Å². The van der Waals surface area contributed by atoms with Gasteiger partial charge in [0.05, 0.1) is 22.6 Å². The SMILES string of the molecule is N#CC(CS(=O)c1ccccc1)C(F)(F)F. The number of hydrogen-bond acceptors (Lipinski definition) is 2. The van der Waals surface area contributed by atoms with E-state index >= 15 is 0 Å². The fourth-order valence-electron chi connectivity index (χ4n) is 1.02. The van der Waals surface area contributed by atoms with Gasteiger partial charge in [0.15, 0.2) is 5.92 Å². The molecule has 0 aliphatic rings. The summed E-state index contributed by atoms with van der Waals surface area (Å²) in [5, 5.41) is 8.35. The van der Waals surface area contributed by atoms with Gasteiger partial charge in [-0.1, -0.05) is 18.2 Å². The summed E-state index contributed by atoms with van der Waals surface area (Å²) in [6.45, 7) is 0. The Morgan fingerprint density at radius 3 is 2.31 bits per heavy atom. The fourth-order valence-corrected chi connectivity index (χ4v) is 2.24. The van der Waals surface area contributed by atoms with Gasteiger partial charge in [-0.05, 0) is 12.1 Å². The number of alkyl halides is 3. The molecule has 0 aliphatic carbocycles.